The van der Waals surface area contributed by atoms with Crippen molar-refractivity contribution >= 4 is 35.0 Å². The molecule has 0 fully saturated rings. The number of methoxy groups -OCH3 is 1. The van der Waals surface area contributed by atoms with E-state index < -0.39 is 6.04 Å². The van der Waals surface area contributed by atoms with Crippen molar-refractivity contribution in [3.05, 3.63) is 94.0 Å². The van der Waals surface area contributed by atoms with E-state index in [4.69, 9.17) is 32.7 Å². The zero-order valence-corrected chi connectivity index (χ0v) is 24.2. The average Bonchev–Trinajstić information content (AvgIpc) is 2.94. The summed E-state index contributed by atoms with van der Waals surface area (Å²) in [6.45, 7) is 5.18. The molecule has 1 atom stereocenters. The number of benzene rings is 3. The normalized spacial score (nSPS) is 11.6. The summed E-state index contributed by atoms with van der Waals surface area (Å²) >= 11 is 12.4. The van der Waals surface area contributed by atoms with Gasteiger partial charge in [-0.1, -0.05) is 73.4 Å². The third-order valence-electron chi connectivity index (χ3n) is 6.16. The van der Waals surface area contributed by atoms with Gasteiger partial charge in [0.05, 0.1) is 23.8 Å². The first-order chi connectivity index (χ1) is 18.8. The Bertz CT molecular complexity index is 1200. The smallest absolute Gasteiger partial charge is 0.243 e. The largest absolute Gasteiger partial charge is 0.497 e. The van der Waals surface area contributed by atoms with E-state index in [-0.39, 0.29) is 30.7 Å². The third-order valence-corrected chi connectivity index (χ3v) is 6.89. The third kappa shape index (κ3) is 9.79. The fourth-order valence-corrected chi connectivity index (χ4v) is 4.36. The highest BCUT2D eigenvalue weighted by atomic mass is 35.5. The van der Waals surface area contributed by atoms with Crippen molar-refractivity contribution in [2.24, 2.45) is 5.92 Å². The van der Waals surface area contributed by atoms with Crippen molar-refractivity contribution < 1.29 is 19.1 Å². The second-order valence-electron chi connectivity index (χ2n) is 9.74. The lowest BCUT2D eigenvalue weighted by atomic mass is 10.0. The minimum Gasteiger partial charge on any atom is -0.497 e. The Morgan fingerprint density at radius 3 is 2.23 bits per heavy atom. The standard InChI is InChI=1S/C31H36Cl2N2O4/c1-22(2)20-34-31(37)29(19-23-8-5-4-6-9-23)35(21-24-11-16-27(32)28(33)18-24)30(36)10-7-17-39-26-14-12-25(38-3)13-15-26/h4-6,8-9,11-16,18,22,29H,7,10,17,19-21H2,1-3H3,(H,34,37)/t29-/m0/s1. The lowest BCUT2D eigenvalue weighted by Gasteiger charge is -2.32. The minimum atomic E-state index is -0.699. The molecule has 0 aliphatic rings. The molecule has 3 aromatic rings. The van der Waals surface area contributed by atoms with Crippen LogP contribution in [0, 0.1) is 5.92 Å². The van der Waals surface area contributed by atoms with Crippen LogP contribution < -0.4 is 14.8 Å². The van der Waals surface area contributed by atoms with Crippen LogP contribution in [0.2, 0.25) is 10.0 Å². The molecule has 3 aromatic carbocycles. The van der Waals surface area contributed by atoms with Gasteiger partial charge in [-0.15, -0.1) is 0 Å². The van der Waals surface area contributed by atoms with Crippen molar-refractivity contribution in [3.63, 3.8) is 0 Å². The van der Waals surface area contributed by atoms with Crippen molar-refractivity contribution in [1.82, 2.24) is 10.2 Å². The molecule has 6 nitrogen and oxygen atoms in total. The van der Waals surface area contributed by atoms with Crippen molar-refractivity contribution in [2.45, 2.75) is 45.7 Å². The lowest BCUT2D eigenvalue weighted by molar-refractivity contribution is -0.141. The van der Waals surface area contributed by atoms with E-state index in [1.54, 1.807) is 24.1 Å². The molecule has 0 unspecified atom stereocenters. The minimum absolute atomic E-state index is 0.139. The fraction of sp³-hybridized carbons (Fsp3) is 0.355. The number of nitrogens with zero attached hydrogens (tertiary/aromatic N) is 1. The van der Waals surface area contributed by atoms with Crippen LogP contribution in [0.3, 0.4) is 0 Å². The van der Waals surface area contributed by atoms with E-state index in [9.17, 15) is 9.59 Å². The Kier molecular flexibility index (Phi) is 12.0. The molecular weight excluding hydrogens is 535 g/mol. The van der Waals surface area contributed by atoms with E-state index in [1.807, 2.05) is 74.5 Å². The Morgan fingerprint density at radius 2 is 1.59 bits per heavy atom. The van der Waals surface area contributed by atoms with Crippen LogP contribution in [-0.4, -0.2) is 43.0 Å². The number of carbonyl (C=O) groups excluding carboxylic acids is 2. The maximum atomic E-state index is 13.7. The molecule has 0 saturated heterocycles. The highest BCUT2D eigenvalue weighted by molar-refractivity contribution is 6.42. The summed E-state index contributed by atoms with van der Waals surface area (Å²) in [5, 5.41) is 3.86. The fourth-order valence-electron chi connectivity index (χ4n) is 4.04. The molecule has 0 bridgehead atoms. The molecule has 0 radical (unpaired) electrons. The molecule has 208 valence electrons. The summed E-state index contributed by atoms with van der Waals surface area (Å²) < 4.78 is 11.0. The first-order valence-corrected chi connectivity index (χ1v) is 13.8. The van der Waals surface area contributed by atoms with Gasteiger partial charge >= 0.3 is 0 Å². The monoisotopic (exact) mass is 570 g/mol. The molecule has 3 rings (SSSR count). The van der Waals surface area contributed by atoms with Crippen molar-refractivity contribution in [3.8, 4) is 11.5 Å². The highest BCUT2D eigenvalue weighted by Crippen LogP contribution is 2.25. The number of nitrogens with one attached hydrogen (secondary N) is 1. The molecule has 0 heterocycles. The molecule has 0 aliphatic carbocycles. The first kappa shape index (κ1) is 30.3. The van der Waals surface area contributed by atoms with Gasteiger partial charge in [0.15, 0.2) is 0 Å². The van der Waals surface area contributed by atoms with E-state index in [1.165, 1.54) is 0 Å². The second-order valence-corrected chi connectivity index (χ2v) is 10.6. The Labute approximate surface area is 241 Å². The number of carbonyl (C=O) groups is 2. The summed E-state index contributed by atoms with van der Waals surface area (Å²) in [6.07, 6.45) is 1.11. The molecule has 0 spiro atoms. The molecule has 0 aromatic heterocycles. The van der Waals surface area contributed by atoms with Gasteiger partial charge in [-0.3, -0.25) is 9.59 Å². The van der Waals surface area contributed by atoms with Gasteiger partial charge in [0, 0.05) is 25.9 Å². The van der Waals surface area contributed by atoms with E-state index in [0.29, 0.717) is 41.8 Å². The molecule has 0 saturated carbocycles. The van der Waals surface area contributed by atoms with Crippen LogP contribution in [0.1, 0.15) is 37.8 Å². The molecule has 8 heteroatoms. The van der Waals surface area contributed by atoms with Gasteiger partial charge in [-0.2, -0.15) is 0 Å². The van der Waals surface area contributed by atoms with Gasteiger partial charge in [0.2, 0.25) is 11.8 Å². The first-order valence-electron chi connectivity index (χ1n) is 13.1. The van der Waals surface area contributed by atoms with Gasteiger partial charge in [-0.25, -0.2) is 0 Å². The predicted molar refractivity (Wildman–Crippen MR) is 157 cm³/mol. The number of hydrogen-bond acceptors (Lipinski definition) is 4. The summed E-state index contributed by atoms with van der Waals surface area (Å²) in [4.78, 5) is 28.8. The van der Waals surface area contributed by atoms with E-state index >= 15 is 0 Å². The van der Waals surface area contributed by atoms with Gasteiger partial charge in [0.25, 0.3) is 0 Å². The summed E-state index contributed by atoms with van der Waals surface area (Å²) in [7, 11) is 1.61. The molecule has 2 amide bonds. The highest BCUT2D eigenvalue weighted by Gasteiger charge is 2.30. The number of rotatable bonds is 14. The average molecular weight is 572 g/mol. The van der Waals surface area contributed by atoms with Crippen LogP contribution in [-0.2, 0) is 22.6 Å². The van der Waals surface area contributed by atoms with Crippen LogP contribution in [0.4, 0.5) is 0 Å². The molecule has 0 aliphatic heterocycles. The Morgan fingerprint density at radius 1 is 0.897 bits per heavy atom. The van der Waals surface area contributed by atoms with Crippen molar-refractivity contribution in [1.29, 1.82) is 0 Å². The van der Waals surface area contributed by atoms with Crippen LogP contribution in [0.15, 0.2) is 72.8 Å². The van der Waals surface area contributed by atoms with Crippen molar-refractivity contribution in [2.75, 3.05) is 20.3 Å². The molecule has 39 heavy (non-hydrogen) atoms. The SMILES string of the molecule is COc1ccc(OCCCC(=O)N(Cc2ccc(Cl)c(Cl)c2)[C@@H](Cc2ccccc2)C(=O)NCC(C)C)cc1. The second kappa shape index (κ2) is 15.4. The van der Waals surface area contributed by atoms with Gasteiger partial charge in [-0.05, 0) is 59.9 Å². The number of ether oxygens (including phenoxy) is 2. The zero-order chi connectivity index (χ0) is 28.2. The quantitative estimate of drug-likeness (QED) is 0.222. The summed E-state index contributed by atoms with van der Waals surface area (Å²) in [5.41, 5.74) is 1.76. The number of hydrogen-bond donors (Lipinski definition) is 1. The van der Waals surface area contributed by atoms with E-state index in [0.717, 1.165) is 16.9 Å². The van der Waals surface area contributed by atoms with Gasteiger partial charge in [0.1, 0.15) is 17.5 Å². The van der Waals surface area contributed by atoms with Gasteiger partial charge < -0.3 is 19.7 Å². The van der Waals surface area contributed by atoms with Crippen LogP contribution >= 0.6 is 23.2 Å². The maximum absolute atomic E-state index is 13.7. The predicted octanol–water partition coefficient (Wildman–Crippen LogP) is 6.57. The summed E-state index contributed by atoms with van der Waals surface area (Å²) in [6, 6.07) is 21.6. The maximum Gasteiger partial charge on any atom is 0.243 e. The van der Waals surface area contributed by atoms with E-state index in [2.05, 4.69) is 5.32 Å². The molecule has 1 N–H and O–H groups in total. The Hall–Kier alpha value is -3.22. The lowest BCUT2D eigenvalue weighted by Crippen LogP contribution is -2.51. The summed E-state index contributed by atoms with van der Waals surface area (Å²) in [5.74, 6) is 1.40. The zero-order valence-electron chi connectivity index (χ0n) is 22.7. The molecular formula is C31H36Cl2N2O4. The number of amides is 2. The van der Waals surface area contributed by atoms with Crippen LogP contribution in [0.5, 0.6) is 11.5 Å². The number of halogens is 2. The Balaban J connectivity index is 1.79. The topological polar surface area (TPSA) is 67.9 Å². The van der Waals surface area contributed by atoms with Crippen LogP contribution in [0.25, 0.3) is 0 Å².